The van der Waals surface area contributed by atoms with Gasteiger partial charge in [-0.3, -0.25) is 14.7 Å². The third kappa shape index (κ3) is 3.97. The zero-order valence-electron chi connectivity index (χ0n) is 17.8. The Morgan fingerprint density at radius 3 is 2.97 bits per heavy atom. The molecule has 0 unspecified atom stereocenters. The fraction of sp³-hybridized carbons (Fsp3) is 0.417. The molecule has 1 aliphatic heterocycles. The fourth-order valence-corrected chi connectivity index (χ4v) is 5.07. The van der Waals surface area contributed by atoms with Crippen molar-refractivity contribution in [2.75, 3.05) is 19.6 Å². The average Bonchev–Trinajstić information content (AvgIpc) is 3.49. The largest absolute Gasteiger partial charge is 0.351 e. The van der Waals surface area contributed by atoms with E-state index in [0.717, 1.165) is 43.5 Å². The monoisotopic (exact) mass is 417 g/mol. The number of benzene rings is 1. The molecule has 1 aromatic carbocycles. The summed E-state index contributed by atoms with van der Waals surface area (Å²) in [5.74, 6) is 1.78. The maximum atomic E-state index is 12.6. The van der Waals surface area contributed by atoms with E-state index < -0.39 is 0 Å². The number of carbonyl (C=O) groups excluding carboxylic acids is 1. The number of nitrogens with zero attached hydrogens (tertiary/aromatic N) is 4. The summed E-state index contributed by atoms with van der Waals surface area (Å²) < 4.78 is 5.76. The molecule has 2 aliphatic rings. The quantitative estimate of drug-likeness (QED) is 0.663. The van der Waals surface area contributed by atoms with Crippen LogP contribution in [0.3, 0.4) is 0 Å². The minimum Gasteiger partial charge on any atom is -0.351 e. The molecule has 2 atom stereocenters. The van der Waals surface area contributed by atoms with Gasteiger partial charge >= 0.3 is 0 Å². The minimum atomic E-state index is -0.148. The normalized spacial score (nSPS) is 23.1. The van der Waals surface area contributed by atoms with E-state index in [4.69, 9.17) is 9.51 Å². The maximum Gasteiger partial charge on any atom is 0.234 e. The maximum absolute atomic E-state index is 12.6. The summed E-state index contributed by atoms with van der Waals surface area (Å²) in [5, 5.41) is 7.27. The van der Waals surface area contributed by atoms with E-state index in [-0.39, 0.29) is 11.3 Å². The molecule has 31 heavy (non-hydrogen) atoms. The molecule has 1 aliphatic carbocycles. The van der Waals surface area contributed by atoms with Gasteiger partial charge in [0.2, 0.25) is 17.6 Å². The lowest BCUT2D eigenvalue weighted by molar-refractivity contribution is -0.122. The predicted octanol–water partition coefficient (Wildman–Crippen LogP) is 3.11. The van der Waals surface area contributed by atoms with Gasteiger partial charge in [0.25, 0.3) is 0 Å². The summed E-state index contributed by atoms with van der Waals surface area (Å²) in [4.78, 5) is 23.7. The van der Waals surface area contributed by atoms with Crippen molar-refractivity contribution in [1.29, 1.82) is 0 Å². The summed E-state index contributed by atoms with van der Waals surface area (Å²) in [6.07, 6.45) is 6.79. The smallest absolute Gasteiger partial charge is 0.234 e. The number of carbonyl (C=O) groups is 1. The first-order valence-electron chi connectivity index (χ1n) is 10.9. The number of hydrogen-bond acceptors (Lipinski definition) is 6. The van der Waals surface area contributed by atoms with E-state index in [0.29, 0.717) is 30.7 Å². The van der Waals surface area contributed by atoms with Crippen LogP contribution in [0.2, 0.25) is 0 Å². The molecule has 3 heterocycles. The molecular weight excluding hydrogens is 390 g/mol. The van der Waals surface area contributed by atoms with Crippen molar-refractivity contribution in [3.05, 3.63) is 65.8 Å². The van der Waals surface area contributed by atoms with E-state index in [1.54, 1.807) is 12.4 Å². The Balaban J connectivity index is 1.24. The van der Waals surface area contributed by atoms with Crippen LogP contribution in [0.4, 0.5) is 0 Å². The van der Waals surface area contributed by atoms with Gasteiger partial charge < -0.3 is 9.84 Å². The van der Waals surface area contributed by atoms with Crippen molar-refractivity contribution >= 4 is 5.91 Å². The molecule has 160 valence electrons. The first-order valence-corrected chi connectivity index (χ1v) is 10.9. The Bertz CT molecular complexity index is 1050. The van der Waals surface area contributed by atoms with Crippen molar-refractivity contribution in [1.82, 2.24) is 25.3 Å². The molecule has 7 nitrogen and oxygen atoms in total. The van der Waals surface area contributed by atoms with Crippen molar-refractivity contribution < 1.29 is 9.32 Å². The number of nitrogens with one attached hydrogen (secondary N) is 1. The molecule has 0 spiro atoms. The standard InChI is InChI=1S/C24H27N5O2/c1-17-6-8-18(9-7-17)12-26-21(30)15-29-14-20-5-2-10-24(20,16-29)23-27-22(28-31-23)19-4-3-11-25-13-19/h3-4,6-9,11,13,20H,2,5,10,12,14-16H2,1H3,(H,26,30)/t20-,24-/m1/s1. The lowest BCUT2D eigenvalue weighted by atomic mass is 9.80. The molecule has 0 radical (unpaired) electrons. The lowest BCUT2D eigenvalue weighted by Crippen LogP contribution is -2.38. The molecule has 1 amide bonds. The third-order valence-corrected chi connectivity index (χ3v) is 6.69. The van der Waals surface area contributed by atoms with Crippen LogP contribution in [0.15, 0.2) is 53.3 Å². The van der Waals surface area contributed by atoms with Crippen LogP contribution in [0.25, 0.3) is 11.4 Å². The van der Waals surface area contributed by atoms with Crippen LogP contribution in [0.5, 0.6) is 0 Å². The summed E-state index contributed by atoms with van der Waals surface area (Å²) in [6.45, 7) is 4.69. The topological polar surface area (TPSA) is 84.2 Å². The van der Waals surface area contributed by atoms with Crippen LogP contribution in [0, 0.1) is 12.8 Å². The highest BCUT2D eigenvalue weighted by Gasteiger charge is 2.54. The zero-order valence-corrected chi connectivity index (χ0v) is 17.8. The Morgan fingerprint density at radius 1 is 1.29 bits per heavy atom. The summed E-state index contributed by atoms with van der Waals surface area (Å²) in [6, 6.07) is 12.0. The van der Waals surface area contributed by atoms with Crippen LogP contribution in [0.1, 0.15) is 36.3 Å². The zero-order chi connectivity index (χ0) is 21.3. The summed E-state index contributed by atoms with van der Waals surface area (Å²) >= 11 is 0. The van der Waals surface area contributed by atoms with Gasteiger partial charge in [-0.15, -0.1) is 0 Å². The van der Waals surface area contributed by atoms with Gasteiger partial charge in [-0.25, -0.2) is 0 Å². The van der Waals surface area contributed by atoms with Gasteiger partial charge in [-0.2, -0.15) is 4.98 Å². The molecule has 1 saturated carbocycles. The van der Waals surface area contributed by atoms with E-state index in [2.05, 4.69) is 51.5 Å². The van der Waals surface area contributed by atoms with Gasteiger partial charge in [-0.05, 0) is 43.4 Å². The molecule has 1 N–H and O–H groups in total. The Kier molecular flexibility index (Phi) is 5.28. The SMILES string of the molecule is Cc1ccc(CNC(=O)CN2C[C@H]3CCC[C@@]3(c3nc(-c4cccnc4)no3)C2)cc1. The number of likely N-dealkylation sites (tertiary alicyclic amines) is 1. The molecule has 7 heteroatoms. The highest BCUT2D eigenvalue weighted by molar-refractivity contribution is 5.78. The van der Waals surface area contributed by atoms with E-state index in [1.807, 2.05) is 12.1 Å². The lowest BCUT2D eigenvalue weighted by Gasteiger charge is -2.24. The van der Waals surface area contributed by atoms with Gasteiger partial charge in [0.1, 0.15) is 0 Å². The van der Waals surface area contributed by atoms with E-state index >= 15 is 0 Å². The molecule has 0 bridgehead atoms. The fourth-order valence-electron chi connectivity index (χ4n) is 5.07. The van der Waals surface area contributed by atoms with Crippen LogP contribution in [-0.4, -0.2) is 45.6 Å². The predicted molar refractivity (Wildman–Crippen MR) is 116 cm³/mol. The van der Waals surface area contributed by atoms with Gasteiger partial charge in [0, 0.05) is 37.6 Å². The van der Waals surface area contributed by atoms with Crippen LogP contribution in [-0.2, 0) is 16.8 Å². The molecule has 1 saturated heterocycles. The molecule has 5 rings (SSSR count). The van der Waals surface area contributed by atoms with Gasteiger partial charge in [0.15, 0.2) is 0 Å². The summed E-state index contributed by atoms with van der Waals surface area (Å²) in [7, 11) is 0. The Labute approximate surface area is 181 Å². The number of fused-ring (bicyclic) bond motifs is 1. The van der Waals surface area contributed by atoms with Crippen molar-refractivity contribution in [3.8, 4) is 11.4 Å². The first kappa shape index (κ1) is 19.9. The van der Waals surface area contributed by atoms with Gasteiger partial charge in [-0.1, -0.05) is 41.4 Å². The van der Waals surface area contributed by atoms with Gasteiger partial charge in [0.05, 0.1) is 12.0 Å². The molecule has 2 aromatic heterocycles. The number of pyridine rings is 1. The second kappa shape index (κ2) is 8.23. The molecular formula is C24H27N5O2. The Morgan fingerprint density at radius 2 is 2.16 bits per heavy atom. The van der Waals surface area contributed by atoms with Crippen molar-refractivity contribution in [2.45, 2.75) is 38.1 Å². The van der Waals surface area contributed by atoms with Crippen LogP contribution >= 0.6 is 0 Å². The van der Waals surface area contributed by atoms with Crippen molar-refractivity contribution in [2.24, 2.45) is 5.92 Å². The number of aromatic nitrogens is 3. The molecule has 2 fully saturated rings. The second-order valence-corrected chi connectivity index (χ2v) is 8.84. The highest BCUT2D eigenvalue weighted by atomic mass is 16.5. The Hall–Kier alpha value is -3.06. The number of hydrogen-bond donors (Lipinski definition) is 1. The average molecular weight is 418 g/mol. The van der Waals surface area contributed by atoms with Crippen LogP contribution < -0.4 is 5.32 Å². The second-order valence-electron chi connectivity index (χ2n) is 8.84. The first-order chi connectivity index (χ1) is 15.1. The summed E-state index contributed by atoms with van der Waals surface area (Å²) in [5.41, 5.74) is 3.04. The number of amides is 1. The van der Waals surface area contributed by atoms with E-state index in [1.165, 1.54) is 5.56 Å². The number of rotatable bonds is 6. The van der Waals surface area contributed by atoms with E-state index in [9.17, 15) is 4.79 Å². The third-order valence-electron chi connectivity index (χ3n) is 6.69. The number of aryl methyl sites for hydroxylation is 1. The van der Waals surface area contributed by atoms with Crippen molar-refractivity contribution in [3.63, 3.8) is 0 Å². The molecule has 3 aromatic rings. The highest BCUT2D eigenvalue weighted by Crippen LogP contribution is 2.50. The minimum absolute atomic E-state index is 0.0530.